The Kier molecular flexibility index (Phi) is 5.67. The average Bonchev–Trinajstić information content (AvgIpc) is 2.73. The van der Waals surface area contributed by atoms with Crippen molar-refractivity contribution in [3.8, 4) is 5.75 Å². The minimum absolute atomic E-state index is 0.0174. The molecular formula is C25H36O4. The second-order valence-electron chi connectivity index (χ2n) is 10.3. The van der Waals surface area contributed by atoms with Crippen LogP contribution in [0.2, 0.25) is 0 Å². The zero-order chi connectivity index (χ0) is 20.6. The van der Waals surface area contributed by atoms with Crippen molar-refractivity contribution in [1.82, 2.24) is 0 Å². The summed E-state index contributed by atoms with van der Waals surface area (Å²) in [6.45, 7) is 6.67. The maximum atomic E-state index is 12.0. The molecule has 0 aromatic heterocycles. The third-order valence-electron chi connectivity index (χ3n) is 7.43. The first-order chi connectivity index (χ1) is 13.8. The predicted molar refractivity (Wildman–Crippen MR) is 113 cm³/mol. The van der Waals surface area contributed by atoms with Crippen molar-refractivity contribution in [3.05, 3.63) is 29.3 Å². The number of rotatable bonds is 3. The van der Waals surface area contributed by atoms with Crippen molar-refractivity contribution in [2.75, 3.05) is 0 Å². The Morgan fingerprint density at radius 1 is 0.966 bits per heavy atom. The van der Waals surface area contributed by atoms with E-state index in [1.807, 2.05) is 6.07 Å². The maximum Gasteiger partial charge on any atom is 0.373 e. The Balaban J connectivity index is 1.90. The molecule has 4 rings (SSSR count). The number of benzene rings is 1. The van der Waals surface area contributed by atoms with Crippen LogP contribution in [0, 0.1) is 11.8 Å². The predicted octanol–water partition coefficient (Wildman–Crippen LogP) is 6.16. The monoisotopic (exact) mass is 400 g/mol. The van der Waals surface area contributed by atoms with Crippen LogP contribution in [0.3, 0.4) is 0 Å². The van der Waals surface area contributed by atoms with Gasteiger partial charge in [-0.3, -0.25) is 0 Å². The summed E-state index contributed by atoms with van der Waals surface area (Å²) < 4.78 is 12.5. The summed E-state index contributed by atoms with van der Waals surface area (Å²) in [5.41, 5.74) is 1.84. The molecule has 2 fully saturated rings. The van der Waals surface area contributed by atoms with E-state index >= 15 is 0 Å². The van der Waals surface area contributed by atoms with Crippen LogP contribution in [-0.2, 0) is 20.5 Å². The highest BCUT2D eigenvalue weighted by atomic mass is 16.7. The Labute approximate surface area is 175 Å². The van der Waals surface area contributed by atoms with Gasteiger partial charge in [0.25, 0.3) is 6.29 Å². The molecule has 160 valence electrons. The number of carboxylic acid groups (broad SMARTS) is 1. The molecule has 1 atom stereocenters. The number of aliphatic carboxylic acids is 1. The van der Waals surface area contributed by atoms with Gasteiger partial charge in [0.15, 0.2) is 0 Å². The number of carbonyl (C=O) groups is 1. The minimum Gasteiger partial charge on any atom is -0.477 e. The van der Waals surface area contributed by atoms with Crippen molar-refractivity contribution in [3.63, 3.8) is 0 Å². The highest BCUT2D eigenvalue weighted by Crippen LogP contribution is 2.56. The first-order valence-electron chi connectivity index (χ1n) is 11.5. The van der Waals surface area contributed by atoms with Crippen LogP contribution in [0.4, 0.5) is 0 Å². The van der Waals surface area contributed by atoms with Crippen LogP contribution >= 0.6 is 0 Å². The fourth-order valence-corrected chi connectivity index (χ4v) is 5.91. The number of hydrogen-bond donors (Lipinski definition) is 1. The summed E-state index contributed by atoms with van der Waals surface area (Å²) in [6, 6.07) is 6.36. The Bertz CT molecular complexity index is 718. The molecule has 3 aliphatic rings. The van der Waals surface area contributed by atoms with Gasteiger partial charge in [-0.2, -0.15) is 0 Å². The molecular weight excluding hydrogens is 364 g/mol. The van der Waals surface area contributed by atoms with Crippen LogP contribution in [-0.4, -0.2) is 17.4 Å². The van der Waals surface area contributed by atoms with Crippen molar-refractivity contribution in [1.29, 1.82) is 0 Å². The summed E-state index contributed by atoms with van der Waals surface area (Å²) in [7, 11) is 0. The van der Waals surface area contributed by atoms with E-state index in [0.717, 1.165) is 31.2 Å². The largest absolute Gasteiger partial charge is 0.477 e. The molecule has 1 unspecified atom stereocenters. The standard InChI is InChI=1S/C25H36O4/c1-24(2,3)19-14-15-21-20(16-19)25(17-10-6-4-7-11-17,18-12-8-5-9-13-18)29-23(28-21)22(26)27/h14-18,23H,4-13H2,1-3H3,(H,26,27). The summed E-state index contributed by atoms with van der Waals surface area (Å²) >= 11 is 0. The van der Waals surface area contributed by atoms with E-state index in [9.17, 15) is 9.90 Å². The minimum atomic E-state index is -1.22. The van der Waals surface area contributed by atoms with Crippen molar-refractivity contribution in [2.45, 2.75) is 102 Å². The van der Waals surface area contributed by atoms with Gasteiger partial charge in [0.2, 0.25) is 0 Å². The molecule has 0 amide bonds. The van der Waals surface area contributed by atoms with Gasteiger partial charge in [-0.05, 0) is 60.6 Å². The number of hydrogen-bond acceptors (Lipinski definition) is 3. The van der Waals surface area contributed by atoms with E-state index in [0.29, 0.717) is 17.6 Å². The van der Waals surface area contributed by atoms with Gasteiger partial charge in [0, 0.05) is 5.56 Å². The molecule has 2 aliphatic carbocycles. The lowest BCUT2D eigenvalue weighted by Crippen LogP contribution is -2.54. The second kappa shape index (κ2) is 7.94. The molecule has 4 heteroatoms. The zero-order valence-corrected chi connectivity index (χ0v) is 18.2. The molecule has 1 aromatic rings. The lowest BCUT2D eigenvalue weighted by atomic mass is 9.62. The third kappa shape index (κ3) is 3.81. The molecule has 1 heterocycles. The molecule has 0 spiro atoms. The topological polar surface area (TPSA) is 55.8 Å². The summed E-state index contributed by atoms with van der Waals surface area (Å²) in [5, 5.41) is 9.83. The summed E-state index contributed by atoms with van der Waals surface area (Å²) in [6.07, 6.45) is 10.6. The van der Waals surface area contributed by atoms with Crippen LogP contribution in [0.15, 0.2) is 18.2 Å². The quantitative estimate of drug-likeness (QED) is 0.660. The van der Waals surface area contributed by atoms with Gasteiger partial charge >= 0.3 is 5.97 Å². The van der Waals surface area contributed by atoms with Crippen LogP contribution in [0.1, 0.15) is 96.1 Å². The van der Waals surface area contributed by atoms with Gasteiger partial charge in [-0.1, -0.05) is 65.4 Å². The number of fused-ring (bicyclic) bond motifs is 1. The van der Waals surface area contributed by atoms with E-state index in [1.165, 1.54) is 44.1 Å². The van der Waals surface area contributed by atoms with Gasteiger partial charge in [-0.15, -0.1) is 0 Å². The van der Waals surface area contributed by atoms with E-state index in [-0.39, 0.29) is 5.41 Å². The van der Waals surface area contributed by atoms with Gasteiger partial charge < -0.3 is 14.6 Å². The third-order valence-corrected chi connectivity index (χ3v) is 7.43. The lowest BCUT2D eigenvalue weighted by Gasteiger charge is -2.52. The maximum absolute atomic E-state index is 12.0. The van der Waals surface area contributed by atoms with Crippen molar-refractivity contribution in [2.24, 2.45) is 11.8 Å². The first kappa shape index (κ1) is 20.7. The van der Waals surface area contributed by atoms with Crippen LogP contribution < -0.4 is 4.74 Å². The summed E-state index contributed by atoms with van der Waals surface area (Å²) in [5.74, 6) is 0.414. The van der Waals surface area contributed by atoms with E-state index in [2.05, 4.69) is 32.9 Å². The smallest absolute Gasteiger partial charge is 0.373 e. The fraction of sp³-hybridized carbons (Fsp3) is 0.720. The molecule has 1 aliphatic heterocycles. The Morgan fingerprint density at radius 3 is 2.00 bits per heavy atom. The Morgan fingerprint density at radius 2 is 1.52 bits per heavy atom. The molecule has 4 nitrogen and oxygen atoms in total. The highest BCUT2D eigenvalue weighted by molar-refractivity contribution is 5.72. The summed E-state index contributed by atoms with van der Waals surface area (Å²) in [4.78, 5) is 12.0. The molecule has 1 N–H and O–H groups in total. The van der Waals surface area contributed by atoms with Gasteiger partial charge in [0.1, 0.15) is 11.4 Å². The van der Waals surface area contributed by atoms with Crippen LogP contribution in [0.25, 0.3) is 0 Å². The molecule has 1 aromatic carbocycles. The number of carboxylic acids is 1. The zero-order valence-electron chi connectivity index (χ0n) is 18.2. The molecule has 0 radical (unpaired) electrons. The van der Waals surface area contributed by atoms with E-state index in [4.69, 9.17) is 9.47 Å². The van der Waals surface area contributed by atoms with Crippen molar-refractivity contribution >= 4 is 5.97 Å². The fourth-order valence-electron chi connectivity index (χ4n) is 5.91. The second-order valence-corrected chi connectivity index (χ2v) is 10.3. The number of ether oxygens (including phenoxy) is 2. The van der Waals surface area contributed by atoms with Gasteiger partial charge in [0.05, 0.1) is 0 Å². The highest BCUT2D eigenvalue weighted by Gasteiger charge is 2.54. The Hall–Kier alpha value is -1.55. The van der Waals surface area contributed by atoms with Crippen LogP contribution in [0.5, 0.6) is 5.75 Å². The van der Waals surface area contributed by atoms with E-state index < -0.39 is 17.9 Å². The molecule has 0 bridgehead atoms. The average molecular weight is 401 g/mol. The van der Waals surface area contributed by atoms with Crippen molar-refractivity contribution < 1.29 is 19.4 Å². The SMILES string of the molecule is CC(C)(C)c1ccc2c(c1)C(C1CCCCC1)(C1CCCCC1)OC(C(=O)O)O2. The molecule has 29 heavy (non-hydrogen) atoms. The van der Waals surface area contributed by atoms with E-state index in [1.54, 1.807) is 0 Å². The first-order valence-corrected chi connectivity index (χ1v) is 11.5. The van der Waals surface area contributed by atoms with Gasteiger partial charge in [-0.25, -0.2) is 4.79 Å². The molecule has 0 saturated heterocycles. The normalized spacial score (nSPS) is 25.8. The lowest BCUT2D eigenvalue weighted by molar-refractivity contribution is -0.252. The molecule has 2 saturated carbocycles.